The first-order chi connectivity index (χ1) is 8.56. The van der Waals surface area contributed by atoms with E-state index in [-0.39, 0.29) is 11.8 Å². The number of unbranched alkanes of at least 4 members (excludes halogenated alkanes) is 1. The summed E-state index contributed by atoms with van der Waals surface area (Å²) in [6.45, 7) is 15.0. The summed E-state index contributed by atoms with van der Waals surface area (Å²) in [4.78, 5) is 23.0. The minimum absolute atomic E-state index is 0.0139. The van der Waals surface area contributed by atoms with Gasteiger partial charge in [0.15, 0.2) is 0 Å². The average molecular weight is 254 g/mol. The summed E-state index contributed by atoms with van der Waals surface area (Å²) in [7, 11) is 0. The van der Waals surface area contributed by atoms with Gasteiger partial charge in [0.05, 0.1) is 0 Å². The van der Waals surface area contributed by atoms with Crippen LogP contribution in [-0.4, -0.2) is 36.3 Å². The summed E-state index contributed by atoms with van der Waals surface area (Å²) in [5.74, 6) is -0.0662. The van der Waals surface area contributed by atoms with Crippen molar-refractivity contribution in [3.63, 3.8) is 0 Å². The van der Waals surface area contributed by atoms with Crippen LogP contribution >= 0.6 is 0 Å². The molecule has 0 aromatic carbocycles. The molecule has 0 aromatic heterocycles. The standard InChI is InChI=1S/2C7H13NO/c1-4-7(9)8(5-2)6-3;1-3-5-6-8-7(9)4-2/h4H,1,5-6H2,2-3H3;4H,2-3,5-6H2,1H3,(H,8,9). The molecule has 0 spiro atoms. The molecule has 0 rings (SSSR count). The van der Waals surface area contributed by atoms with Gasteiger partial charge in [0.2, 0.25) is 11.8 Å². The zero-order valence-electron chi connectivity index (χ0n) is 11.9. The van der Waals surface area contributed by atoms with Crippen molar-refractivity contribution in [2.75, 3.05) is 19.6 Å². The highest BCUT2D eigenvalue weighted by molar-refractivity contribution is 5.87. The molecule has 0 unspecified atom stereocenters. The van der Waals surface area contributed by atoms with Crippen LogP contribution in [0, 0.1) is 0 Å². The van der Waals surface area contributed by atoms with Crippen LogP contribution in [0.2, 0.25) is 0 Å². The van der Waals surface area contributed by atoms with Gasteiger partial charge in [0.25, 0.3) is 0 Å². The third-order valence-corrected chi connectivity index (χ3v) is 2.26. The Hall–Kier alpha value is -1.58. The lowest BCUT2D eigenvalue weighted by molar-refractivity contribution is -0.125. The van der Waals surface area contributed by atoms with E-state index in [2.05, 4.69) is 25.4 Å². The Morgan fingerprint density at radius 1 is 1.11 bits per heavy atom. The maximum Gasteiger partial charge on any atom is 0.245 e. The lowest BCUT2D eigenvalue weighted by atomic mass is 10.3. The number of carbonyl (C=O) groups excluding carboxylic acids is 2. The van der Waals surface area contributed by atoms with Crippen molar-refractivity contribution < 1.29 is 9.59 Å². The summed E-state index contributed by atoms with van der Waals surface area (Å²) < 4.78 is 0. The zero-order valence-corrected chi connectivity index (χ0v) is 11.9. The molecule has 0 fully saturated rings. The molecule has 0 radical (unpaired) electrons. The molecule has 2 amide bonds. The molecule has 0 atom stereocenters. The van der Waals surface area contributed by atoms with Crippen molar-refractivity contribution in [3.05, 3.63) is 25.3 Å². The van der Waals surface area contributed by atoms with Gasteiger partial charge in [-0.3, -0.25) is 9.59 Å². The van der Waals surface area contributed by atoms with E-state index in [1.165, 1.54) is 12.2 Å². The summed E-state index contributed by atoms with van der Waals surface area (Å²) in [6.07, 6.45) is 4.78. The lowest BCUT2D eigenvalue weighted by Gasteiger charge is -2.15. The summed E-state index contributed by atoms with van der Waals surface area (Å²) in [6, 6.07) is 0. The Morgan fingerprint density at radius 2 is 1.67 bits per heavy atom. The fourth-order valence-corrected chi connectivity index (χ4v) is 1.12. The SMILES string of the molecule is C=CC(=O)N(CC)CC.C=CC(=O)NCCCC. The number of rotatable bonds is 7. The molecule has 0 bridgehead atoms. The van der Waals surface area contributed by atoms with E-state index < -0.39 is 0 Å². The molecule has 4 heteroatoms. The molecular weight excluding hydrogens is 228 g/mol. The van der Waals surface area contributed by atoms with Crippen LogP contribution in [-0.2, 0) is 9.59 Å². The predicted octanol–water partition coefficient (Wildman–Crippen LogP) is 2.13. The number of nitrogens with zero attached hydrogens (tertiary/aromatic N) is 1. The molecule has 18 heavy (non-hydrogen) atoms. The molecule has 0 aromatic rings. The Kier molecular flexibility index (Phi) is 14.1. The molecule has 104 valence electrons. The fourth-order valence-electron chi connectivity index (χ4n) is 1.12. The monoisotopic (exact) mass is 254 g/mol. The fraction of sp³-hybridized carbons (Fsp3) is 0.571. The number of nitrogens with one attached hydrogen (secondary N) is 1. The van der Waals surface area contributed by atoms with Gasteiger partial charge in [-0.05, 0) is 32.4 Å². The number of amides is 2. The largest absolute Gasteiger partial charge is 0.353 e. The highest BCUT2D eigenvalue weighted by Gasteiger charge is 2.01. The Labute approximate surface area is 111 Å². The maximum absolute atomic E-state index is 10.8. The minimum atomic E-state index is -0.0801. The number of hydrogen-bond donors (Lipinski definition) is 1. The number of hydrogen-bond acceptors (Lipinski definition) is 2. The van der Waals surface area contributed by atoms with Crippen LogP contribution in [0.25, 0.3) is 0 Å². The normalized spacial score (nSPS) is 8.61. The first-order valence-electron chi connectivity index (χ1n) is 6.38. The summed E-state index contributed by atoms with van der Waals surface area (Å²) >= 11 is 0. The highest BCUT2D eigenvalue weighted by atomic mass is 16.2. The van der Waals surface area contributed by atoms with Crippen LogP contribution in [0.3, 0.4) is 0 Å². The molecule has 0 aliphatic heterocycles. The Bertz CT molecular complexity index is 259. The molecule has 0 heterocycles. The van der Waals surface area contributed by atoms with Crippen LogP contribution < -0.4 is 5.32 Å². The predicted molar refractivity (Wildman–Crippen MR) is 76.2 cm³/mol. The van der Waals surface area contributed by atoms with Gasteiger partial charge >= 0.3 is 0 Å². The highest BCUT2D eigenvalue weighted by Crippen LogP contribution is 1.87. The van der Waals surface area contributed by atoms with E-state index in [1.54, 1.807) is 4.90 Å². The third kappa shape index (κ3) is 10.9. The zero-order chi connectivity index (χ0) is 14.4. The van der Waals surface area contributed by atoms with Gasteiger partial charge in [-0.2, -0.15) is 0 Å². The second-order valence-electron chi connectivity index (χ2n) is 3.56. The first-order valence-corrected chi connectivity index (χ1v) is 6.38. The third-order valence-electron chi connectivity index (χ3n) is 2.26. The molecule has 0 aliphatic rings. The molecule has 1 N–H and O–H groups in total. The second-order valence-corrected chi connectivity index (χ2v) is 3.56. The van der Waals surface area contributed by atoms with Crippen molar-refractivity contribution in [3.8, 4) is 0 Å². The minimum Gasteiger partial charge on any atom is -0.353 e. The topological polar surface area (TPSA) is 49.4 Å². The van der Waals surface area contributed by atoms with Gasteiger partial charge in [-0.1, -0.05) is 26.5 Å². The van der Waals surface area contributed by atoms with Crippen LogP contribution in [0.4, 0.5) is 0 Å². The average Bonchev–Trinajstić information content (AvgIpc) is 2.40. The molecule has 0 aliphatic carbocycles. The molecule has 4 nitrogen and oxygen atoms in total. The quantitative estimate of drug-likeness (QED) is 0.559. The smallest absolute Gasteiger partial charge is 0.245 e. The number of likely N-dealkylation sites (N-methyl/N-ethyl adjacent to an activating group) is 1. The molecule has 0 saturated heterocycles. The van der Waals surface area contributed by atoms with E-state index >= 15 is 0 Å². The second kappa shape index (κ2) is 13.5. The maximum atomic E-state index is 10.8. The lowest BCUT2D eigenvalue weighted by Crippen LogP contribution is -2.28. The Morgan fingerprint density at radius 3 is 1.94 bits per heavy atom. The Balaban J connectivity index is 0. The van der Waals surface area contributed by atoms with E-state index in [4.69, 9.17) is 0 Å². The van der Waals surface area contributed by atoms with Gasteiger partial charge in [0, 0.05) is 19.6 Å². The van der Waals surface area contributed by atoms with Crippen molar-refractivity contribution in [2.45, 2.75) is 33.6 Å². The van der Waals surface area contributed by atoms with E-state index in [1.807, 2.05) is 13.8 Å². The summed E-state index contributed by atoms with van der Waals surface area (Å²) in [5, 5.41) is 2.68. The van der Waals surface area contributed by atoms with Crippen molar-refractivity contribution in [1.29, 1.82) is 0 Å². The van der Waals surface area contributed by atoms with Crippen LogP contribution in [0.5, 0.6) is 0 Å². The van der Waals surface area contributed by atoms with Gasteiger partial charge in [-0.15, -0.1) is 0 Å². The first kappa shape index (κ1) is 18.8. The van der Waals surface area contributed by atoms with Crippen molar-refractivity contribution in [2.24, 2.45) is 0 Å². The summed E-state index contributed by atoms with van der Waals surface area (Å²) in [5.41, 5.74) is 0. The van der Waals surface area contributed by atoms with Crippen molar-refractivity contribution in [1.82, 2.24) is 10.2 Å². The van der Waals surface area contributed by atoms with Crippen molar-refractivity contribution >= 4 is 11.8 Å². The molecular formula is C14H26N2O2. The van der Waals surface area contributed by atoms with Crippen LogP contribution in [0.1, 0.15) is 33.6 Å². The van der Waals surface area contributed by atoms with E-state index in [0.717, 1.165) is 32.5 Å². The van der Waals surface area contributed by atoms with Gasteiger partial charge in [0.1, 0.15) is 0 Å². The van der Waals surface area contributed by atoms with E-state index in [0.29, 0.717) is 0 Å². The van der Waals surface area contributed by atoms with Gasteiger partial charge < -0.3 is 10.2 Å². The van der Waals surface area contributed by atoms with E-state index in [9.17, 15) is 9.59 Å². The number of carbonyl (C=O) groups is 2. The van der Waals surface area contributed by atoms with Crippen LogP contribution in [0.15, 0.2) is 25.3 Å². The van der Waals surface area contributed by atoms with Gasteiger partial charge in [-0.25, -0.2) is 0 Å². The molecule has 0 saturated carbocycles.